The van der Waals surface area contributed by atoms with E-state index >= 15 is 0 Å². The zero-order valence-electron chi connectivity index (χ0n) is 10.9. The second kappa shape index (κ2) is 6.21. The number of ether oxygens (including phenoxy) is 1. The van der Waals surface area contributed by atoms with Gasteiger partial charge in [-0.25, -0.2) is 0 Å². The summed E-state index contributed by atoms with van der Waals surface area (Å²) in [5.74, 6) is 0.737. The molecular weight excluding hydrogens is 242 g/mol. The van der Waals surface area contributed by atoms with Crippen LogP contribution < -0.4 is 10.1 Å². The van der Waals surface area contributed by atoms with Gasteiger partial charge in [0.25, 0.3) is 0 Å². The van der Waals surface area contributed by atoms with E-state index in [1.54, 1.807) is 4.90 Å². The van der Waals surface area contributed by atoms with Gasteiger partial charge in [0, 0.05) is 13.1 Å². The molecule has 1 atom stereocenters. The van der Waals surface area contributed by atoms with Gasteiger partial charge in [0.1, 0.15) is 11.8 Å². The van der Waals surface area contributed by atoms with Crippen molar-refractivity contribution in [2.24, 2.45) is 0 Å². The van der Waals surface area contributed by atoms with E-state index in [0.717, 1.165) is 17.9 Å². The van der Waals surface area contributed by atoms with Gasteiger partial charge in [-0.05, 0) is 24.6 Å². The van der Waals surface area contributed by atoms with Crippen molar-refractivity contribution in [3.8, 4) is 11.8 Å². The highest BCUT2D eigenvalue weighted by Crippen LogP contribution is 2.23. The molecule has 0 spiro atoms. The van der Waals surface area contributed by atoms with Crippen LogP contribution in [0.1, 0.15) is 18.5 Å². The van der Waals surface area contributed by atoms with Gasteiger partial charge in [0.05, 0.1) is 19.2 Å². The number of rotatable bonds is 4. The average molecular weight is 259 g/mol. The number of benzene rings is 1. The number of carbonyl (C=O) groups is 1. The van der Waals surface area contributed by atoms with E-state index in [4.69, 9.17) is 4.74 Å². The molecule has 1 amide bonds. The zero-order chi connectivity index (χ0) is 13.7. The van der Waals surface area contributed by atoms with E-state index in [1.807, 2.05) is 31.2 Å². The predicted molar refractivity (Wildman–Crippen MR) is 70.5 cm³/mol. The van der Waals surface area contributed by atoms with Gasteiger partial charge in [0.15, 0.2) is 0 Å². The zero-order valence-corrected chi connectivity index (χ0v) is 10.9. The lowest BCUT2D eigenvalue weighted by atomic mass is 10.1. The Kier molecular flexibility index (Phi) is 4.37. The fourth-order valence-electron chi connectivity index (χ4n) is 2.13. The molecule has 0 saturated carbocycles. The first-order valence-corrected chi connectivity index (χ1v) is 6.39. The standard InChI is InChI=1S/C14H17N3O2/c1-2-19-12-5-3-11(4-6-12)13(9-15)17-8-7-16-10-14(17)18/h3-6,13,16H,2,7-8,10H2,1H3. The van der Waals surface area contributed by atoms with Crippen LogP contribution in [0.4, 0.5) is 0 Å². The van der Waals surface area contributed by atoms with Gasteiger partial charge in [-0.15, -0.1) is 0 Å². The monoisotopic (exact) mass is 259 g/mol. The molecule has 1 heterocycles. The molecule has 0 aliphatic carbocycles. The summed E-state index contributed by atoms with van der Waals surface area (Å²) in [5, 5.41) is 12.3. The third-order valence-corrected chi connectivity index (χ3v) is 3.07. The maximum atomic E-state index is 11.8. The molecule has 1 aliphatic rings. The molecule has 1 aromatic carbocycles. The number of carbonyl (C=O) groups excluding carboxylic acids is 1. The second-order valence-corrected chi connectivity index (χ2v) is 4.30. The molecule has 5 nitrogen and oxygen atoms in total. The van der Waals surface area contributed by atoms with Gasteiger partial charge in [-0.2, -0.15) is 5.26 Å². The fraction of sp³-hybridized carbons (Fsp3) is 0.429. The van der Waals surface area contributed by atoms with Crippen molar-refractivity contribution in [1.29, 1.82) is 5.26 Å². The minimum atomic E-state index is -0.523. The number of nitrogens with one attached hydrogen (secondary N) is 1. The quantitative estimate of drug-likeness (QED) is 0.878. The van der Waals surface area contributed by atoms with Crippen molar-refractivity contribution in [3.05, 3.63) is 29.8 Å². The molecule has 0 radical (unpaired) electrons. The third kappa shape index (κ3) is 3.04. The van der Waals surface area contributed by atoms with Crippen LogP contribution in [-0.4, -0.2) is 37.0 Å². The minimum absolute atomic E-state index is 0.0355. The van der Waals surface area contributed by atoms with Crippen molar-refractivity contribution in [2.45, 2.75) is 13.0 Å². The smallest absolute Gasteiger partial charge is 0.237 e. The third-order valence-electron chi connectivity index (χ3n) is 3.07. The van der Waals surface area contributed by atoms with E-state index in [2.05, 4.69) is 11.4 Å². The van der Waals surface area contributed by atoms with Crippen molar-refractivity contribution in [1.82, 2.24) is 10.2 Å². The predicted octanol–water partition coefficient (Wildman–Crippen LogP) is 1.08. The van der Waals surface area contributed by atoms with Crippen LogP contribution in [0.5, 0.6) is 5.75 Å². The van der Waals surface area contributed by atoms with Crippen molar-refractivity contribution < 1.29 is 9.53 Å². The topological polar surface area (TPSA) is 65.4 Å². The molecular formula is C14H17N3O2. The summed E-state index contributed by atoms with van der Waals surface area (Å²) in [6.45, 7) is 4.11. The van der Waals surface area contributed by atoms with Crippen LogP contribution in [-0.2, 0) is 4.79 Å². The molecule has 1 fully saturated rings. The first-order valence-electron chi connectivity index (χ1n) is 6.39. The molecule has 100 valence electrons. The second-order valence-electron chi connectivity index (χ2n) is 4.30. The lowest BCUT2D eigenvalue weighted by Gasteiger charge is -2.31. The molecule has 1 unspecified atom stereocenters. The normalized spacial score (nSPS) is 16.8. The highest BCUT2D eigenvalue weighted by molar-refractivity contribution is 5.79. The van der Waals surface area contributed by atoms with Gasteiger partial charge >= 0.3 is 0 Å². The van der Waals surface area contributed by atoms with Gasteiger partial charge in [-0.1, -0.05) is 12.1 Å². The Morgan fingerprint density at radius 2 is 2.21 bits per heavy atom. The summed E-state index contributed by atoms with van der Waals surface area (Å²) in [7, 11) is 0. The summed E-state index contributed by atoms with van der Waals surface area (Å²) in [6.07, 6.45) is 0. The highest BCUT2D eigenvalue weighted by Gasteiger charge is 2.26. The van der Waals surface area contributed by atoms with E-state index in [9.17, 15) is 10.1 Å². The molecule has 0 bridgehead atoms. The number of hydrogen-bond acceptors (Lipinski definition) is 4. The SMILES string of the molecule is CCOc1ccc(C(C#N)N2CCNCC2=O)cc1. The van der Waals surface area contributed by atoms with Gasteiger partial charge in [-0.3, -0.25) is 4.79 Å². The Morgan fingerprint density at radius 3 is 2.79 bits per heavy atom. The van der Waals surface area contributed by atoms with E-state index < -0.39 is 6.04 Å². The molecule has 1 aliphatic heterocycles. The first kappa shape index (κ1) is 13.4. The average Bonchev–Trinajstić information content (AvgIpc) is 2.44. The lowest BCUT2D eigenvalue weighted by Crippen LogP contribution is -2.49. The van der Waals surface area contributed by atoms with Crippen LogP contribution in [0, 0.1) is 11.3 Å². The first-order chi connectivity index (χ1) is 9.26. The Balaban J connectivity index is 2.17. The maximum absolute atomic E-state index is 11.8. The van der Waals surface area contributed by atoms with E-state index in [0.29, 0.717) is 19.7 Å². The van der Waals surface area contributed by atoms with Crippen molar-refractivity contribution in [2.75, 3.05) is 26.2 Å². The van der Waals surface area contributed by atoms with E-state index in [1.165, 1.54) is 0 Å². The molecule has 19 heavy (non-hydrogen) atoms. The Hall–Kier alpha value is -2.06. The maximum Gasteiger partial charge on any atom is 0.237 e. The van der Waals surface area contributed by atoms with Gasteiger partial charge < -0.3 is 15.0 Å². The summed E-state index contributed by atoms with van der Waals surface area (Å²) >= 11 is 0. The summed E-state index contributed by atoms with van der Waals surface area (Å²) in [4.78, 5) is 13.4. The van der Waals surface area contributed by atoms with Gasteiger partial charge in [0.2, 0.25) is 5.91 Å². The largest absolute Gasteiger partial charge is 0.494 e. The van der Waals surface area contributed by atoms with Crippen LogP contribution in [0.2, 0.25) is 0 Å². The highest BCUT2D eigenvalue weighted by atomic mass is 16.5. The van der Waals surface area contributed by atoms with Crippen LogP contribution in [0.15, 0.2) is 24.3 Å². The van der Waals surface area contributed by atoms with Crippen LogP contribution in [0.25, 0.3) is 0 Å². The summed E-state index contributed by atoms with van der Waals surface area (Å²) in [6, 6.07) is 9.02. The number of nitrogens with zero attached hydrogens (tertiary/aromatic N) is 2. The number of nitriles is 1. The Labute approximate surface area is 112 Å². The Bertz CT molecular complexity index is 478. The van der Waals surface area contributed by atoms with Crippen molar-refractivity contribution in [3.63, 3.8) is 0 Å². The number of amides is 1. The van der Waals surface area contributed by atoms with Crippen molar-refractivity contribution >= 4 is 5.91 Å². The number of piperazine rings is 1. The summed E-state index contributed by atoms with van der Waals surface area (Å²) < 4.78 is 5.37. The lowest BCUT2D eigenvalue weighted by molar-refractivity contribution is -0.133. The van der Waals surface area contributed by atoms with Crippen LogP contribution in [0.3, 0.4) is 0 Å². The minimum Gasteiger partial charge on any atom is -0.494 e. The molecule has 2 rings (SSSR count). The summed E-state index contributed by atoms with van der Waals surface area (Å²) in [5.41, 5.74) is 0.821. The molecule has 0 aromatic heterocycles. The number of hydrogen-bond donors (Lipinski definition) is 1. The van der Waals surface area contributed by atoms with E-state index in [-0.39, 0.29) is 5.91 Å². The molecule has 1 aromatic rings. The molecule has 1 N–H and O–H groups in total. The Morgan fingerprint density at radius 1 is 1.47 bits per heavy atom. The molecule has 1 saturated heterocycles. The fourth-order valence-corrected chi connectivity index (χ4v) is 2.13. The molecule has 5 heteroatoms. The van der Waals surface area contributed by atoms with Crippen LogP contribution >= 0.6 is 0 Å².